The number of aryl methyl sites for hydroxylation is 2. The second-order valence-electron chi connectivity index (χ2n) is 7.06. The number of fused-ring (bicyclic) bond motifs is 1. The van der Waals surface area contributed by atoms with Gasteiger partial charge in [-0.15, -0.1) is 0 Å². The number of hydrogen-bond donors (Lipinski definition) is 2. The van der Waals surface area contributed by atoms with Gasteiger partial charge in [0, 0.05) is 17.3 Å². The highest BCUT2D eigenvalue weighted by Gasteiger charge is 2.23. The summed E-state index contributed by atoms with van der Waals surface area (Å²) in [4.78, 5) is 35.9. The van der Waals surface area contributed by atoms with Crippen LogP contribution < -0.4 is 10.6 Å². The summed E-state index contributed by atoms with van der Waals surface area (Å²) in [6, 6.07) is 8.93. The zero-order chi connectivity index (χ0) is 21.7. The third-order valence-corrected chi connectivity index (χ3v) is 5.97. The highest BCUT2D eigenvalue weighted by molar-refractivity contribution is 7.98. The smallest absolute Gasteiger partial charge is 0.288 e. The Morgan fingerprint density at radius 2 is 1.97 bits per heavy atom. The second kappa shape index (κ2) is 9.95. The summed E-state index contributed by atoms with van der Waals surface area (Å²) in [5.41, 5.74) is 2.97. The van der Waals surface area contributed by atoms with Crippen molar-refractivity contribution in [2.24, 2.45) is 0 Å². The molecule has 0 fully saturated rings. The standard InChI is InChI=1S/C21H22ClN3O4S/c1-30-10-9-18(21(27)23-16-7-5-13-3-2-4-14(13)11-16)24-20(26)15-6-8-17(22)19(12-15)25(28)29/h5-8,11-12,18H,2-4,9-10H2,1H3,(H,23,27)(H,24,26). The number of nitro benzene ring substituents is 1. The quantitative estimate of drug-likeness (QED) is 0.465. The molecule has 7 nitrogen and oxygen atoms in total. The fraction of sp³-hybridized carbons (Fsp3) is 0.333. The fourth-order valence-electron chi connectivity index (χ4n) is 3.42. The van der Waals surface area contributed by atoms with Crippen LogP contribution in [0.3, 0.4) is 0 Å². The van der Waals surface area contributed by atoms with E-state index in [2.05, 4.69) is 10.6 Å². The molecule has 2 N–H and O–H groups in total. The first kappa shape index (κ1) is 22.1. The summed E-state index contributed by atoms with van der Waals surface area (Å²) in [5, 5.41) is 16.6. The van der Waals surface area contributed by atoms with E-state index in [4.69, 9.17) is 11.6 Å². The maximum atomic E-state index is 12.9. The van der Waals surface area contributed by atoms with Crippen LogP contribution in [-0.4, -0.2) is 34.8 Å². The van der Waals surface area contributed by atoms with Crippen molar-refractivity contribution < 1.29 is 14.5 Å². The Hall–Kier alpha value is -2.58. The van der Waals surface area contributed by atoms with Crippen LogP contribution in [0.2, 0.25) is 5.02 Å². The number of nitrogens with zero attached hydrogens (tertiary/aromatic N) is 1. The summed E-state index contributed by atoms with van der Waals surface area (Å²) in [6.07, 6.45) is 5.52. The molecule has 0 radical (unpaired) electrons. The molecule has 0 spiro atoms. The van der Waals surface area contributed by atoms with E-state index in [9.17, 15) is 19.7 Å². The largest absolute Gasteiger partial charge is 0.340 e. The van der Waals surface area contributed by atoms with Crippen molar-refractivity contribution in [2.75, 3.05) is 17.3 Å². The minimum absolute atomic E-state index is 0.0511. The Morgan fingerprint density at radius 1 is 1.20 bits per heavy atom. The van der Waals surface area contributed by atoms with Crippen LogP contribution in [0.1, 0.15) is 34.3 Å². The van der Waals surface area contributed by atoms with Crippen molar-refractivity contribution in [3.63, 3.8) is 0 Å². The molecule has 1 aliphatic rings. The number of carbonyl (C=O) groups excluding carboxylic acids is 2. The maximum Gasteiger partial charge on any atom is 0.288 e. The summed E-state index contributed by atoms with van der Waals surface area (Å²) in [7, 11) is 0. The summed E-state index contributed by atoms with van der Waals surface area (Å²) in [6.45, 7) is 0. The Labute approximate surface area is 183 Å². The van der Waals surface area contributed by atoms with Gasteiger partial charge in [-0.2, -0.15) is 11.8 Å². The molecular weight excluding hydrogens is 426 g/mol. The van der Waals surface area contributed by atoms with Crippen molar-refractivity contribution in [3.05, 3.63) is 68.2 Å². The fourth-order valence-corrected chi connectivity index (χ4v) is 4.08. The van der Waals surface area contributed by atoms with Crippen LogP contribution in [0.25, 0.3) is 0 Å². The molecule has 1 aliphatic carbocycles. The first-order chi connectivity index (χ1) is 14.4. The lowest BCUT2D eigenvalue weighted by molar-refractivity contribution is -0.384. The highest BCUT2D eigenvalue weighted by Crippen LogP contribution is 2.26. The molecule has 3 rings (SSSR count). The van der Waals surface area contributed by atoms with E-state index in [0.29, 0.717) is 17.9 Å². The van der Waals surface area contributed by atoms with Gasteiger partial charge in [-0.05, 0) is 73.1 Å². The Balaban J connectivity index is 1.73. The number of amides is 2. The molecule has 0 saturated carbocycles. The van der Waals surface area contributed by atoms with Gasteiger partial charge in [0.15, 0.2) is 0 Å². The normalized spacial score (nSPS) is 13.4. The van der Waals surface area contributed by atoms with Crippen LogP contribution in [0.4, 0.5) is 11.4 Å². The van der Waals surface area contributed by atoms with E-state index >= 15 is 0 Å². The average Bonchev–Trinajstić information content (AvgIpc) is 3.18. The van der Waals surface area contributed by atoms with Crippen LogP contribution in [0, 0.1) is 10.1 Å². The minimum Gasteiger partial charge on any atom is -0.340 e. The first-order valence-electron chi connectivity index (χ1n) is 9.55. The zero-order valence-corrected chi connectivity index (χ0v) is 18.0. The van der Waals surface area contributed by atoms with Gasteiger partial charge in [0.2, 0.25) is 5.91 Å². The van der Waals surface area contributed by atoms with Crippen LogP contribution in [0.15, 0.2) is 36.4 Å². The lowest BCUT2D eigenvalue weighted by atomic mass is 10.1. The number of nitrogens with one attached hydrogen (secondary N) is 2. The third-order valence-electron chi connectivity index (χ3n) is 5.00. The van der Waals surface area contributed by atoms with E-state index in [0.717, 1.165) is 25.3 Å². The molecule has 2 amide bonds. The summed E-state index contributed by atoms with van der Waals surface area (Å²) in [5.74, 6) is -0.215. The molecule has 30 heavy (non-hydrogen) atoms. The van der Waals surface area contributed by atoms with Crippen molar-refractivity contribution in [1.82, 2.24) is 5.32 Å². The van der Waals surface area contributed by atoms with Crippen molar-refractivity contribution in [2.45, 2.75) is 31.7 Å². The lowest BCUT2D eigenvalue weighted by Gasteiger charge is -2.18. The number of halogens is 1. The van der Waals surface area contributed by atoms with E-state index < -0.39 is 16.9 Å². The molecule has 9 heteroatoms. The number of anilines is 1. The van der Waals surface area contributed by atoms with E-state index in [1.54, 1.807) is 11.8 Å². The molecule has 0 aromatic heterocycles. The molecular formula is C21H22ClN3O4S. The average molecular weight is 448 g/mol. The number of nitro groups is 1. The van der Waals surface area contributed by atoms with E-state index in [1.807, 2.05) is 24.5 Å². The van der Waals surface area contributed by atoms with Gasteiger partial charge in [-0.3, -0.25) is 19.7 Å². The molecule has 2 aromatic rings. The van der Waals surface area contributed by atoms with E-state index in [1.165, 1.54) is 23.3 Å². The SMILES string of the molecule is CSCCC(NC(=O)c1ccc(Cl)c([N+](=O)[O-])c1)C(=O)Nc1ccc2c(c1)CCC2. The molecule has 0 heterocycles. The van der Waals surface area contributed by atoms with Crippen molar-refractivity contribution in [1.29, 1.82) is 0 Å². The van der Waals surface area contributed by atoms with Gasteiger partial charge in [-0.25, -0.2) is 0 Å². The Morgan fingerprint density at radius 3 is 2.70 bits per heavy atom. The summed E-state index contributed by atoms with van der Waals surface area (Å²) >= 11 is 7.37. The Bertz CT molecular complexity index is 983. The topological polar surface area (TPSA) is 101 Å². The highest BCUT2D eigenvalue weighted by atomic mass is 35.5. The van der Waals surface area contributed by atoms with Gasteiger partial charge in [0.05, 0.1) is 4.92 Å². The lowest BCUT2D eigenvalue weighted by Crippen LogP contribution is -2.44. The predicted molar refractivity (Wildman–Crippen MR) is 119 cm³/mol. The first-order valence-corrected chi connectivity index (χ1v) is 11.3. The number of rotatable bonds is 8. The molecule has 0 saturated heterocycles. The zero-order valence-electron chi connectivity index (χ0n) is 16.4. The molecule has 0 bridgehead atoms. The number of carbonyl (C=O) groups is 2. The van der Waals surface area contributed by atoms with Crippen molar-refractivity contribution >= 4 is 46.6 Å². The van der Waals surface area contributed by atoms with Crippen LogP contribution in [0.5, 0.6) is 0 Å². The maximum absolute atomic E-state index is 12.9. The Kier molecular flexibility index (Phi) is 7.33. The van der Waals surface area contributed by atoms with Gasteiger partial charge in [0.1, 0.15) is 11.1 Å². The van der Waals surface area contributed by atoms with E-state index in [-0.39, 0.29) is 22.2 Å². The molecule has 2 aromatic carbocycles. The molecule has 0 aliphatic heterocycles. The van der Waals surface area contributed by atoms with Gasteiger partial charge in [0.25, 0.3) is 11.6 Å². The molecule has 1 atom stereocenters. The molecule has 1 unspecified atom stereocenters. The van der Waals surface area contributed by atoms with Gasteiger partial charge in [-0.1, -0.05) is 17.7 Å². The number of hydrogen-bond acceptors (Lipinski definition) is 5. The van der Waals surface area contributed by atoms with Gasteiger partial charge < -0.3 is 10.6 Å². The molecule has 158 valence electrons. The monoisotopic (exact) mass is 447 g/mol. The third kappa shape index (κ3) is 5.31. The van der Waals surface area contributed by atoms with Gasteiger partial charge >= 0.3 is 0 Å². The number of benzene rings is 2. The second-order valence-corrected chi connectivity index (χ2v) is 8.45. The van der Waals surface area contributed by atoms with Crippen LogP contribution >= 0.6 is 23.4 Å². The number of thioether (sulfide) groups is 1. The predicted octanol–water partition coefficient (Wildman–Crippen LogP) is 4.23. The summed E-state index contributed by atoms with van der Waals surface area (Å²) < 4.78 is 0. The minimum atomic E-state index is -0.770. The van der Waals surface area contributed by atoms with Crippen LogP contribution in [-0.2, 0) is 17.6 Å². The van der Waals surface area contributed by atoms with Crippen molar-refractivity contribution in [3.8, 4) is 0 Å².